The largest absolute Gasteiger partial charge is 0.502 e. The third-order valence-corrected chi connectivity index (χ3v) is 6.97. The smallest absolute Gasteiger partial charge is 0.277 e. The zero-order valence-corrected chi connectivity index (χ0v) is 18.7. The molecule has 7 nitrogen and oxygen atoms in total. The van der Waals surface area contributed by atoms with Gasteiger partial charge >= 0.3 is 0 Å². The Bertz CT molecular complexity index is 1380. The van der Waals surface area contributed by atoms with Crippen molar-refractivity contribution in [3.63, 3.8) is 0 Å². The van der Waals surface area contributed by atoms with Crippen molar-refractivity contribution in [1.82, 2.24) is 9.58 Å². The van der Waals surface area contributed by atoms with Crippen LogP contribution in [0.2, 0.25) is 0 Å². The number of hydrogen-bond donors (Lipinski definition) is 1. The molecule has 3 aromatic rings. The van der Waals surface area contributed by atoms with Crippen LogP contribution in [0.5, 0.6) is 5.75 Å². The minimum atomic E-state index is -0.566. The first-order valence-corrected chi connectivity index (χ1v) is 11.6. The minimum Gasteiger partial charge on any atom is -0.502 e. The van der Waals surface area contributed by atoms with Crippen LogP contribution in [0.15, 0.2) is 65.6 Å². The standard InChI is InChI=1S/C27H25N3O4.CH4/c31-22-12-13-29-25(26(22)32)27(33)28-14-16-34-15-4-8-19-6-3-7-20-11-10-18-5-1-2-9-21(18)24(23(19)20)30(29)17-28;/h1-9,12-13,24,32H,10-11,14-17H2;1H4/b8-4-;/t24-;/m0./s1. The fraction of sp³-hybridized carbons (Fsp3) is 0.286. The van der Waals surface area contributed by atoms with E-state index in [0.717, 1.165) is 24.0 Å². The molecule has 1 N–H and O–H groups in total. The van der Waals surface area contributed by atoms with Gasteiger partial charge in [-0.15, -0.1) is 0 Å². The molecule has 180 valence electrons. The van der Waals surface area contributed by atoms with E-state index < -0.39 is 11.2 Å². The van der Waals surface area contributed by atoms with Crippen molar-refractivity contribution in [2.45, 2.75) is 26.3 Å². The number of rotatable bonds is 0. The SMILES string of the molecule is C.O=C1c2c(O)c(=O)ccn2N2CN1CCOC/C=C\c1cccc3c1[C@@H]2c1ccccc1CC3. The molecule has 0 radical (unpaired) electrons. The number of benzene rings is 2. The van der Waals surface area contributed by atoms with E-state index in [9.17, 15) is 14.7 Å². The number of pyridine rings is 1. The molecule has 0 saturated heterocycles. The van der Waals surface area contributed by atoms with Gasteiger partial charge in [0.2, 0.25) is 5.43 Å². The number of aromatic hydroxyl groups is 1. The third-order valence-electron chi connectivity index (χ3n) is 6.97. The third kappa shape index (κ3) is 3.72. The molecule has 1 amide bonds. The van der Waals surface area contributed by atoms with E-state index in [1.807, 2.05) is 12.1 Å². The lowest BCUT2D eigenvalue weighted by Crippen LogP contribution is -2.56. The van der Waals surface area contributed by atoms with Gasteiger partial charge in [-0.1, -0.05) is 62.0 Å². The summed E-state index contributed by atoms with van der Waals surface area (Å²) in [5.74, 6) is -0.899. The highest BCUT2D eigenvalue weighted by atomic mass is 16.5. The van der Waals surface area contributed by atoms with Crippen LogP contribution in [0.3, 0.4) is 0 Å². The van der Waals surface area contributed by atoms with Gasteiger partial charge in [0.25, 0.3) is 5.91 Å². The number of carbonyl (C=O) groups excluding carboxylic acids is 1. The van der Waals surface area contributed by atoms with Crippen molar-refractivity contribution in [2.75, 3.05) is 31.4 Å². The molecule has 3 aliphatic rings. The maximum absolute atomic E-state index is 13.4. The normalized spacial score (nSPS) is 19.7. The monoisotopic (exact) mass is 471 g/mol. The molecule has 1 aliphatic carbocycles. The lowest BCUT2D eigenvalue weighted by atomic mass is 9.90. The van der Waals surface area contributed by atoms with Crippen LogP contribution in [0.1, 0.15) is 51.8 Å². The van der Waals surface area contributed by atoms with Crippen molar-refractivity contribution >= 4 is 12.0 Å². The highest BCUT2D eigenvalue weighted by Gasteiger charge is 2.38. The molecule has 35 heavy (non-hydrogen) atoms. The first-order chi connectivity index (χ1) is 16.6. The fourth-order valence-electron chi connectivity index (χ4n) is 5.36. The molecule has 7 heteroatoms. The second-order valence-electron chi connectivity index (χ2n) is 8.87. The Hall–Kier alpha value is -3.84. The average Bonchev–Trinajstić information content (AvgIpc) is 3.01. The summed E-state index contributed by atoms with van der Waals surface area (Å²) < 4.78 is 7.42. The number of fused-ring (bicyclic) bond motifs is 7. The number of carbonyl (C=O) groups is 1. The molecule has 1 aromatic heterocycles. The number of ether oxygens (including phenoxy) is 1. The number of hydrogen-bond acceptors (Lipinski definition) is 5. The van der Waals surface area contributed by atoms with Crippen LogP contribution < -0.4 is 10.4 Å². The lowest BCUT2D eigenvalue weighted by molar-refractivity contribution is 0.0590. The van der Waals surface area contributed by atoms with Gasteiger partial charge in [0, 0.05) is 18.8 Å². The second-order valence-corrected chi connectivity index (χ2v) is 8.87. The van der Waals surface area contributed by atoms with E-state index in [1.54, 1.807) is 15.8 Å². The molecule has 0 spiro atoms. The topological polar surface area (TPSA) is 75.0 Å². The van der Waals surface area contributed by atoms with Crippen LogP contribution in [-0.2, 0) is 17.6 Å². The summed E-state index contributed by atoms with van der Waals surface area (Å²) >= 11 is 0. The van der Waals surface area contributed by atoms with E-state index in [2.05, 4.69) is 47.5 Å². The Labute approximate surface area is 204 Å². The molecule has 0 saturated carbocycles. The first-order valence-electron chi connectivity index (χ1n) is 11.6. The van der Waals surface area contributed by atoms with E-state index in [-0.39, 0.29) is 25.1 Å². The molecular weight excluding hydrogens is 442 g/mol. The minimum absolute atomic E-state index is 0. The summed E-state index contributed by atoms with van der Waals surface area (Å²) in [4.78, 5) is 27.3. The van der Waals surface area contributed by atoms with Crippen LogP contribution in [0.4, 0.5) is 0 Å². The van der Waals surface area contributed by atoms with E-state index in [0.29, 0.717) is 26.4 Å². The lowest BCUT2D eigenvalue weighted by Gasteiger charge is -2.44. The molecule has 1 atom stereocenters. The van der Waals surface area contributed by atoms with Crippen molar-refractivity contribution in [1.29, 1.82) is 0 Å². The fourth-order valence-corrected chi connectivity index (χ4v) is 5.36. The predicted octanol–water partition coefficient (Wildman–Crippen LogP) is 3.47. The maximum atomic E-state index is 13.4. The van der Waals surface area contributed by atoms with Crippen molar-refractivity contribution in [2.24, 2.45) is 0 Å². The zero-order chi connectivity index (χ0) is 23.2. The molecule has 0 fully saturated rings. The molecule has 2 bridgehead atoms. The van der Waals surface area contributed by atoms with Crippen LogP contribution in [-0.4, -0.2) is 47.0 Å². The number of amides is 1. The molecule has 0 unspecified atom stereocenters. The first kappa shape index (κ1) is 22.9. The van der Waals surface area contributed by atoms with Crippen LogP contribution in [0, 0.1) is 0 Å². The summed E-state index contributed by atoms with van der Waals surface area (Å²) in [6.45, 7) is 1.45. The maximum Gasteiger partial charge on any atom is 0.277 e. The Balaban J connectivity index is 0.00000253. The number of nitrogens with zero attached hydrogens (tertiary/aromatic N) is 3. The summed E-state index contributed by atoms with van der Waals surface area (Å²) in [6.07, 6.45) is 7.54. The molecule has 2 aliphatic heterocycles. The number of aryl methyl sites for hydroxylation is 2. The van der Waals surface area contributed by atoms with Gasteiger partial charge in [0.15, 0.2) is 11.4 Å². The number of aromatic nitrogens is 1. The van der Waals surface area contributed by atoms with Gasteiger partial charge in [-0.3, -0.25) is 19.3 Å². The van der Waals surface area contributed by atoms with Gasteiger partial charge < -0.3 is 14.7 Å². The summed E-state index contributed by atoms with van der Waals surface area (Å²) in [5.41, 5.74) is 5.35. The molecule has 2 aromatic carbocycles. The van der Waals surface area contributed by atoms with Gasteiger partial charge in [0.05, 0.1) is 19.3 Å². The van der Waals surface area contributed by atoms with E-state index >= 15 is 0 Å². The van der Waals surface area contributed by atoms with Crippen molar-refractivity contribution < 1.29 is 14.6 Å². The van der Waals surface area contributed by atoms with Gasteiger partial charge in [-0.25, -0.2) is 0 Å². The average molecular weight is 472 g/mol. The van der Waals surface area contributed by atoms with Crippen LogP contribution in [0.25, 0.3) is 6.08 Å². The molecular formula is C28H29N3O4. The zero-order valence-electron chi connectivity index (χ0n) is 18.7. The van der Waals surface area contributed by atoms with E-state index in [1.165, 1.54) is 22.8 Å². The molecule has 6 rings (SSSR count). The predicted molar refractivity (Wildman–Crippen MR) is 135 cm³/mol. The van der Waals surface area contributed by atoms with Crippen LogP contribution >= 0.6 is 0 Å². The summed E-state index contributed by atoms with van der Waals surface area (Å²) in [6, 6.07) is 15.9. The van der Waals surface area contributed by atoms with Crippen molar-refractivity contribution in [3.8, 4) is 5.75 Å². The van der Waals surface area contributed by atoms with Gasteiger partial charge in [-0.2, -0.15) is 0 Å². The summed E-state index contributed by atoms with van der Waals surface area (Å²) in [5, 5.41) is 12.8. The Morgan fingerprint density at radius 3 is 2.66 bits per heavy atom. The second kappa shape index (κ2) is 9.07. The summed E-state index contributed by atoms with van der Waals surface area (Å²) in [7, 11) is 0. The Morgan fingerprint density at radius 1 is 0.971 bits per heavy atom. The Kier molecular flexibility index (Phi) is 5.94. The van der Waals surface area contributed by atoms with Gasteiger partial charge in [-0.05, 0) is 40.7 Å². The Morgan fingerprint density at radius 2 is 1.77 bits per heavy atom. The highest BCUT2D eigenvalue weighted by molar-refractivity contribution is 5.96. The highest BCUT2D eigenvalue weighted by Crippen LogP contribution is 2.40. The quantitative estimate of drug-likeness (QED) is 0.544. The van der Waals surface area contributed by atoms with Gasteiger partial charge in [0.1, 0.15) is 6.67 Å². The van der Waals surface area contributed by atoms with Crippen molar-refractivity contribution in [3.05, 3.63) is 105 Å². The van der Waals surface area contributed by atoms with E-state index in [4.69, 9.17) is 4.74 Å². The molecule has 3 heterocycles.